The molecule has 11 nitrogen and oxygen atoms in total. The predicted molar refractivity (Wildman–Crippen MR) is 185 cm³/mol. The van der Waals surface area contributed by atoms with Gasteiger partial charge in [-0.15, -0.1) is 0 Å². The quantitative estimate of drug-likeness (QED) is 0.0865. The molecule has 7 atom stereocenters. The first-order valence-corrected chi connectivity index (χ1v) is 16.7. The molecule has 270 valence electrons. The highest BCUT2D eigenvalue weighted by molar-refractivity contribution is 6.03. The second-order valence-electron chi connectivity index (χ2n) is 12.6. The van der Waals surface area contributed by atoms with Crippen LogP contribution in [0.25, 0.3) is 6.08 Å². The molecule has 1 heterocycles. The van der Waals surface area contributed by atoms with Crippen LogP contribution in [0.1, 0.15) is 60.9 Å². The van der Waals surface area contributed by atoms with E-state index in [4.69, 9.17) is 9.84 Å². The summed E-state index contributed by atoms with van der Waals surface area (Å²) in [5.74, 6) is -0.377. The van der Waals surface area contributed by atoms with Gasteiger partial charge in [0.15, 0.2) is 0 Å². The zero-order valence-corrected chi connectivity index (χ0v) is 28.3. The van der Waals surface area contributed by atoms with Crippen molar-refractivity contribution in [2.24, 2.45) is 5.92 Å². The Balaban J connectivity index is 1.25. The number of methoxy groups -OCH3 is 1. The minimum Gasteiger partial charge on any atom is -0.497 e. The van der Waals surface area contributed by atoms with Crippen LogP contribution in [-0.4, -0.2) is 99.1 Å². The zero-order valence-electron chi connectivity index (χ0n) is 28.3. The Bertz CT molecular complexity index is 1550. The number of aliphatic hydroxyl groups excluding tert-OH is 6. The van der Waals surface area contributed by atoms with E-state index in [2.05, 4.69) is 0 Å². The first-order valence-electron chi connectivity index (χ1n) is 16.7. The highest BCUT2D eigenvalue weighted by atomic mass is 19.1. The van der Waals surface area contributed by atoms with Gasteiger partial charge in [-0.2, -0.15) is 0 Å². The van der Waals surface area contributed by atoms with Gasteiger partial charge in [0.25, 0.3) is 0 Å². The monoisotopic (exact) mass is 694 g/mol. The molecule has 0 saturated carbocycles. The molecule has 0 aliphatic carbocycles. The molecule has 1 saturated heterocycles. The van der Waals surface area contributed by atoms with Crippen LogP contribution in [0, 0.1) is 11.7 Å². The number of amides is 2. The van der Waals surface area contributed by atoms with Crippen molar-refractivity contribution in [3.05, 3.63) is 101 Å². The van der Waals surface area contributed by atoms with Gasteiger partial charge in [-0.25, -0.2) is 4.39 Å². The molecule has 0 aromatic heterocycles. The van der Waals surface area contributed by atoms with E-state index in [9.17, 15) is 39.5 Å². The number of carbonyl (C=O) groups excluding carboxylic acids is 2. The number of halogens is 1. The van der Waals surface area contributed by atoms with Crippen molar-refractivity contribution in [1.29, 1.82) is 0 Å². The summed E-state index contributed by atoms with van der Waals surface area (Å²) in [5.41, 5.74) is 3.17. The Kier molecular flexibility index (Phi) is 14.0. The van der Waals surface area contributed by atoms with Gasteiger partial charge in [0.2, 0.25) is 11.8 Å². The van der Waals surface area contributed by atoms with Crippen molar-refractivity contribution in [2.45, 2.75) is 68.7 Å². The SMILES string of the molecule is COc1ccc(C2C(CCC(O)c3ccc(C=CCCCC(=O)N(C)CC(O)C(O)C(O)C(O)CO)cc3)C(=O)N2c2ccc(F)cc2)cc1. The van der Waals surface area contributed by atoms with Crippen LogP contribution in [0.5, 0.6) is 5.75 Å². The average molecular weight is 695 g/mol. The van der Waals surface area contributed by atoms with E-state index in [0.29, 0.717) is 37.1 Å². The van der Waals surface area contributed by atoms with Crippen LogP contribution in [0.15, 0.2) is 78.9 Å². The summed E-state index contributed by atoms with van der Waals surface area (Å²) in [4.78, 5) is 28.7. The first kappa shape index (κ1) is 38.6. The number of unbranched alkanes of at least 4 members (excludes halogenated alkanes) is 1. The van der Waals surface area contributed by atoms with Gasteiger partial charge >= 0.3 is 0 Å². The van der Waals surface area contributed by atoms with Crippen molar-refractivity contribution >= 4 is 23.6 Å². The zero-order chi connectivity index (χ0) is 36.4. The molecule has 12 heteroatoms. The second-order valence-corrected chi connectivity index (χ2v) is 12.6. The summed E-state index contributed by atoms with van der Waals surface area (Å²) in [7, 11) is 3.05. The van der Waals surface area contributed by atoms with E-state index in [1.165, 1.54) is 24.1 Å². The number of rotatable bonds is 18. The molecule has 0 radical (unpaired) electrons. The predicted octanol–water partition coefficient (Wildman–Crippen LogP) is 3.13. The molecule has 6 N–H and O–H groups in total. The average Bonchev–Trinajstić information content (AvgIpc) is 3.13. The van der Waals surface area contributed by atoms with Gasteiger partial charge in [0.05, 0.1) is 31.8 Å². The lowest BCUT2D eigenvalue weighted by Crippen LogP contribution is -2.55. The molecule has 0 spiro atoms. The maximum absolute atomic E-state index is 13.6. The molecule has 3 aromatic carbocycles. The Hall–Kier alpha value is -4.17. The van der Waals surface area contributed by atoms with Gasteiger partial charge in [-0.3, -0.25) is 9.59 Å². The van der Waals surface area contributed by atoms with E-state index in [1.807, 2.05) is 60.7 Å². The number of hydrogen-bond donors (Lipinski definition) is 6. The molecule has 4 rings (SSSR count). The summed E-state index contributed by atoms with van der Waals surface area (Å²) in [6, 6.07) is 20.5. The van der Waals surface area contributed by atoms with Crippen molar-refractivity contribution < 1.29 is 49.4 Å². The number of ether oxygens (including phenoxy) is 1. The topological polar surface area (TPSA) is 171 Å². The maximum Gasteiger partial charge on any atom is 0.233 e. The minimum atomic E-state index is -1.75. The van der Waals surface area contributed by atoms with Gasteiger partial charge < -0.3 is 45.2 Å². The highest BCUT2D eigenvalue weighted by Gasteiger charge is 2.48. The molecular weight excluding hydrogens is 647 g/mol. The van der Waals surface area contributed by atoms with Crippen LogP contribution in [0.2, 0.25) is 0 Å². The molecule has 1 aliphatic heterocycles. The lowest BCUT2D eigenvalue weighted by Gasteiger charge is -2.48. The molecule has 0 bridgehead atoms. The number of nitrogens with zero attached hydrogens (tertiary/aromatic N) is 2. The summed E-state index contributed by atoms with van der Waals surface area (Å²) in [5, 5.41) is 59.1. The third-order valence-electron chi connectivity index (χ3n) is 9.13. The third kappa shape index (κ3) is 9.75. The summed E-state index contributed by atoms with van der Waals surface area (Å²) in [6.45, 7) is -1.03. The third-order valence-corrected chi connectivity index (χ3v) is 9.13. The molecule has 50 heavy (non-hydrogen) atoms. The fraction of sp³-hybridized carbons (Fsp3) is 0.421. The van der Waals surface area contributed by atoms with E-state index in [1.54, 1.807) is 24.1 Å². The Morgan fingerprint density at radius 1 is 0.940 bits per heavy atom. The van der Waals surface area contributed by atoms with Gasteiger partial charge in [0.1, 0.15) is 36.0 Å². The van der Waals surface area contributed by atoms with Crippen LogP contribution in [-0.2, 0) is 9.59 Å². The fourth-order valence-electron chi connectivity index (χ4n) is 6.07. The number of β-lactam (4-membered cyclic amide) rings is 1. The van der Waals surface area contributed by atoms with E-state index in [-0.39, 0.29) is 42.6 Å². The van der Waals surface area contributed by atoms with Crippen molar-refractivity contribution in [3.8, 4) is 5.75 Å². The summed E-state index contributed by atoms with van der Waals surface area (Å²) < 4.78 is 18.9. The molecule has 1 fully saturated rings. The lowest BCUT2D eigenvalue weighted by molar-refractivity contribution is -0.138. The fourth-order valence-corrected chi connectivity index (χ4v) is 6.07. The molecule has 1 aliphatic rings. The Morgan fingerprint density at radius 2 is 1.58 bits per heavy atom. The van der Waals surface area contributed by atoms with Crippen molar-refractivity contribution in [1.82, 2.24) is 4.90 Å². The van der Waals surface area contributed by atoms with Gasteiger partial charge in [-0.1, -0.05) is 48.6 Å². The Labute approximate surface area is 291 Å². The van der Waals surface area contributed by atoms with Gasteiger partial charge in [-0.05, 0) is 78.8 Å². The number of allylic oxidation sites excluding steroid dienone is 1. The number of anilines is 1. The first-order chi connectivity index (χ1) is 23.9. The number of aliphatic hydroxyl groups is 6. The number of likely N-dealkylation sites (N-methyl/N-ethyl adjacent to an activating group) is 1. The largest absolute Gasteiger partial charge is 0.497 e. The lowest BCUT2D eigenvalue weighted by atomic mass is 9.78. The maximum atomic E-state index is 13.6. The standard InChI is InChI=1S/C38H47FN2O9/c1-40(22-32(44)36(47)37(48)33(45)23-42)34(46)7-5-3-4-6-24-8-10-25(11-9-24)31(43)21-20-30-35(26-12-18-29(50-2)19-13-26)41(38(30)49)28-16-14-27(39)15-17-28/h4,6,8-19,30-33,35-37,42-45,47-48H,3,5,7,20-23H2,1-2H3. The molecule has 7 unspecified atom stereocenters. The summed E-state index contributed by atoms with van der Waals surface area (Å²) in [6.07, 6.45) is -1.36. The second kappa shape index (κ2) is 18.2. The number of carbonyl (C=O) groups is 2. The van der Waals surface area contributed by atoms with Crippen LogP contribution >= 0.6 is 0 Å². The van der Waals surface area contributed by atoms with Crippen molar-refractivity contribution in [3.63, 3.8) is 0 Å². The van der Waals surface area contributed by atoms with E-state index < -0.39 is 37.1 Å². The van der Waals surface area contributed by atoms with Crippen LogP contribution in [0.3, 0.4) is 0 Å². The van der Waals surface area contributed by atoms with Crippen LogP contribution in [0.4, 0.5) is 10.1 Å². The number of benzene rings is 3. The van der Waals surface area contributed by atoms with Gasteiger partial charge in [0, 0.05) is 25.7 Å². The highest BCUT2D eigenvalue weighted by Crippen LogP contribution is 2.46. The number of hydrogen-bond acceptors (Lipinski definition) is 9. The normalized spacial score (nSPS) is 19.1. The molecule has 2 amide bonds. The molecule has 3 aromatic rings. The smallest absolute Gasteiger partial charge is 0.233 e. The Morgan fingerprint density at radius 3 is 2.20 bits per heavy atom. The van der Waals surface area contributed by atoms with Crippen molar-refractivity contribution in [2.75, 3.05) is 32.2 Å². The van der Waals surface area contributed by atoms with E-state index in [0.717, 1.165) is 16.7 Å². The minimum absolute atomic E-state index is 0.0790. The van der Waals surface area contributed by atoms with E-state index >= 15 is 0 Å². The van der Waals surface area contributed by atoms with Crippen LogP contribution < -0.4 is 9.64 Å². The molecular formula is C38H47FN2O9. The summed E-state index contributed by atoms with van der Waals surface area (Å²) >= 11 is 0.